The highest BCUT2D eigenvalue weighted by atomic mass is 35.5. The molecule has 1 aromatic carbocycles. The van der Waals surface area contributed by atoms with Crippen LogP contribution in [0.15, 0.2) is 41.2 Å². The van der Waals surface area contributed by atoms with Crippen LogP contribution >= 0.6 is 23.2 Å². The van der Waals surface area contributed by atoms with E-state index in [0.717, 1.165) is 0 Å². The molecule has 27 heavy (non-hydrogen) atoms. The summed E-state index contributed by atoms with van der Waals surface area (Å²) < 4.78 is 7.06. The molecule has 0 atom stereocenters. The summed E-state index contributed by atoms with van der Waals surface area (Å²) in [5, 5.41) is 16.8. The smallest absolute Gasteiger partial charge is 0.339 e. The van der Waals surface area contributed by atoms with Gasteiger partial charge in [0.25, 0.3) is 5.91 Å². The summed E-state index contributed by atoms with van der Waals surface area (Å²) in [7, 11) is 0. The quantitative estimate of drug-likeness (QED) is 0.539. The largest absolute Gasteiger partial charge is 0.478 e. The van der Waals surface area contributed by atoms with E-state index in [2.05, 4.69) is 15.4 Å². The van der Waals surface area contributed by atoms with Crippen LogP contribution in [0.3, 0.4) is 0 Å². The van der Waals surface area contributed by atoms with Crippen molar-refractivity contribution in [1.29, 1.82) is 0 Å². The summed E-state index contributed by atoms with van der Waals surface area (Å²) in [6.45, 7) is -0.0484. The molecule has 0 aliphatic heterocycles. The second-order valence-electron chi connectivity index (χ2n) is 5.60. The van der Waals surface area contributed by atoms with Crippen molar-refractivity contribution in [2.75, 3.05) is 0 Å². The average molecular weight is 405 g/mol. The van der Waals surface area contributed by atoms with Gasteiger partial charge in [-0.15, -0.1) is 0 Å². The molecule has 3 aromatic heterocycles. The number of halogens is 2. The zero-order valence-corrected chi connectivity index (χ0v) is 15.0. The minimum Gasteiger partial charge on any atom is -0.478 e. The number of aromatic carboxylic acids is 1. The summed E-state index contributed by atoms with van der Waals surface area (Å²) in [5.74, 6) is -1.40. The highest BCUT2D eigenvalue weighted by Gasteiger charge is 2.21. The van der Waals surface area contributed by atoms with Gasteiger partial charge < -0.3 is 14.8 Å². The third-order valence-electron chi connectivity index (χ3n) is 3.92. The maximum absolute atomic E-state index is 12.4. The molecule has 0 spiro atoms. The fourth-order valence-corrected chi connectivity index (χ4v) is 3.16. The van der Waals surface area contributed by atoms with E-state index in [0.29, 0.717) is 11.0 Å². The molecule has 0 fully saturated rings. The van der Waals surface area contributed by atoms with Crippen LogP contribution in [0.5, 0.6) is 0 Å². The first-order valence-corrected chi connectivity index (χ1v) is 8.41. The summed E-state index contributed by atoms with van der Waals surface area (Å²) in [5.41, 5.74) is 0.686. The van der Waals surface area contributed by atoms with Crippen LogP contribution < -0.4 is 5.32 Å². The van der Waals surface area contributed by atoms with Crippen molar-refractivity contribution in [1.82, 2.24) is 19.9 Å². The molecule has 0 saturated heterocycles. The number of hydrogen-bond donors (Lipinski definition) is 2. The molecule has 4 rings (SSSR count). The number of rotatable bonds is 4. The van der Waals surface area contributed by atoms with Gasteiger partial charge in [-0.1, -0.05) is 23.2 Å². The number of carboxylic acid groups (broad SMARTS) is 1. The topological polar surface area (TPSA) is 110 Å². The van der Waals surface area contributed by atoms with Crippen LogP contribution in [0.4, 0.5) is 0 Å². The van der Waals surface area contributed by atoms with Crippen molar-refractivity contribution in [2.45, 2.75) is 6.54 Å². The molecule has 3 heterocycles. The van der Waals surface area contributed by atoms with Gasteiger partial charge in [0, 0.05) is 22.8 Å². The lowest BCUT2D eigenvalue weighted by Gasteiger charge is -2.02. The van der Waals surface area contributed by atoms with Crippen molar-refractivity contribution >= 4 is 51.7 Å². The molecule has 0 saturated carbocycles. The van der Waals surface area contributed by atoms with Gasteiger partial charge in [0.15, 0.2) is 11.2 Å². The van der Waals surface area contributed by atoms with Crippen LogP contribution in [-0.4, -0.2) is 31.6 Å². The lowest BCUT2D eigenvalue weighted by molar-refractivity contribution is 0.0697. The molecule has 136 valence electrons. The third kappa shape index (κ3) is 2.98. The fourth-order valence-electron chi connectivity index (χ4n) is 2.70. The van der Waals surface area contributed by atoms with Crippen LogP contribution in [0.1, 0.15) is 26.5 Å². The molecule has 0 aliphatic rings. The summed E-state index contributed by atoms with van der Waals surface area (Å²) >= 11 is 12.2. The number of carboxylic acids is 1. The first-order chi connectivity index (χ1) is 13.0. The molecule has 0 unspecified atom stereocenters. The first kappa shape index (κ1) is 17.3. The Morgan fingerprint density at radius 2 is 2.07 bits per heavy atom. The van der Waals surface area contributed by atoms with E-state index < -0.39 is 11.9 Å². The van der Waals surface area contributed by atoms with Crippen molar-refractivity contribution in [3.63, 3.8) is 0 Å². The number of aromatic nitrogens is 3. The zero-order valence-electron chi connectivity index (χ0n) is 13.4. The summed E-state index contributed by atoms with van der Waals surface area (Å²) in [4.78, 5) is 28.0. The Balaban J connectivity index is 1.64. The van der Waals surface area contributed by atoms with Gasteiger partial charge in [0.1, 0.15) is 16.9 Å². The highest BCUT2D eigenvalue weighted by molar-refractivity contribution is 6.38. The molecule has 0 radical (unpaired) electrons. The van der Waals surface area contributed by atoms with Gasteiger partial charge in [-0.2, -0.15) is 5.10 Å². The molecular weight excluding hydrogens is 395 g/mol. The second-order valence-corrected chi connectivity index (χ2v) is 6.42. The number of nitrogens with one attached hydrogen (secondary N) is 1. The van der Waals surface area contributed by atoms with Gasteiger partial charge in [0.2, 0.25) is 0 Å². The Hall–Kier alpha value is -3.10. The van der Waals surface area contributed by atoms with Crippen molar-refractivity contribution in [3.05, 3.63) is 63.7 Å². The molecule has 2 N–H and O–H groups in total. The van der Waals surface area contributed by atoms with Gasteiger partial charge in [-0.25, -0.2) is 14.3 Å². The van der Waals surface area contributed by atoms with Crippen LogP contribution in [0.2, 0.25) is 10.0 Å². The highest BCUT2D eigenvalue weighted by Crippen LogP contribution is 2.35. The number of benzene rings is 1. The van der Waals surface area contributed by atoms with E-state index in [1.54, 1.807) is 18.5 Å². The zero-order chi connectivity index (χ0) is 19.1. The molecule has 0 aliphatic carbocycles. The predicted molar refractivity (Wildman–Crippen MR) is 97.4 cm³/mol. The van der Waals surface area contributed by atoms with Gasteiger partial charge in [-0.3, -0.25) is 4.79 Å². The Labute approximate surface area is 161 Å². The van der Waals surface area contributed by atoms with Gasteiger partial charge >= 0.3 is 5.97 Å². The Bertz CT molecular complexity index is 1210. The first-order valence-electron chi connectivity index (χ1n) is 7.66. The lowest BCUT2D eigenvalue weighted by Crippen LogP contribution is -2.22. The maximum atomic E-state index is 12.4. The third-order valence-corrected chi connectivity index (χ3v) is 4.56. The van der Waals surface area contributed by atoms with Crippen molar-refractivity contribution in [2.24, 2.45) is 0 Å². The van der Waals surface area contributed by atoms with E-state index in [-0.39, 0.29) is 39.1 Å². The van der Waals surface area contributed by atoms with E-state index in [4.69, 9.17) is 27.6 Å². The van der Waals surface area contributed by atoms with E-state index in [9.17, 15) is 14.7 Å². The van der Waals surface area contributed by atoms with E-state index in [1.165, 1.54) is 22.8 Å². The number of carbonyl (C=O) groups excluding carboxylic acids is 1. The lowest BCUT2D eigenvalue weighted by atomic mass is 10.1. The Kier molecular flexibility index (Phi) is 4.21. The number of carbonyl (C=O) groups is 2. The predicted octanol–water partition coefficient (Wildman–Crippen LogP) is 3.41. The molecule has 4 aromatic rings. The number of hydrogen-bond acceptors (Lipinski definition) is 5. The maximum Gasteiger partial charge on any atom is 0.339 e. The van der Waals surface area contributed by atoms with E-state index >= 15 is 0 Å². The molecule has 0 bridgehead atoms. The minimum absolute atomic E-state index is 0.0484. The van der Waals surface area contributed by atoms with Crippen LogP contribution in [-0.2, 0) is 6.54 Å². The molecular formula is C17H10Cl2N4O4. The fraction of sp³-hybridized carbons (Fsp3) is 0.0588. The molecule has 1 amide bonds. The van der Waals surface area contributed by atoms with E-state index in [1.807, 2.05) is 0 Å². The van der Waals surface area contributed by atoms with Crippen molar-refractivity contribution in [3.8, 4) is 0 Å². The van der Waals surface area contributed by atoms with Gasteiger partial charge in [0.05, 0.1) is 17.8 Å². The normalized spacial score (nSPS) is 11.2. The Morgan fingerprint density at radius 3 is 2.85 bits per heavy atom. The molecule has 8 nitrogen and oxygen atoms in total. The monoisotopic (exact) mass is 404 g/mol. The van der Waals surface area contributed by atoms with Crippen LogP contribution in [0, 0.1) is 0 Å². The minimum atomic E-state index is -1.19. The SMILES string of the molecule is O=C(O)c1cc(Cl)cc2c(Cl)c(CNC(=O)c3cnn4cccnc34)oc12. The second kappa shape index (κ2) is 6.57. The Morgan fingerprint density at radius 1 is 1.26 bits per heavy atom. The van der Waals surface area contributed by atoms with Gasteiger partial charge in [-0.05, 0) is 18.2 Å². The number of nitrogens with zero attached hydrogens (tertiary/aromatic N) is 3. The average Bonchev–Trinajstić information content (AvgIpc) is 3.21. The number of fused-ring (bicyclic) bond motifs is 2. The summed E-state index contributed by atoms with van der Waals surface area (Å²) in [6, 6.07) is 4.48. The standard InChI is InChI=1S/C17H10Cl2N4O4/c18-8-4-9-13(19)12(27-14(9)10(5-8)17(25)26)7-21-16(24)11-6-22-23-3-1-2-20-15(11)23/h1-6H,7H2,(H,21,24)(H,25,26). The molecule has 10 heteroatoms. The number of furan rings is 1. The number of amides is 1. The van der Waals surface area contributed by atoms with Crippen LogP contribution in [0.25, 0.3) is 16.6 Å². The van der Waals surface area contributed by atoms with Crippen molar-refractivity contribution < 1.29 is 19.1 Å². The summed E-state index contributed by atoms with van der Waals surface area (Å²) in [6.07, 6.45) is 4.63.